The molecule has 0 saturated carbocycles. The Morgan fingerprint density at radius 3 is 2.37 bits per heavy atom. The highest BCUT2D eigenvalue weighted by Crippen LogP contribution is 2.33. The third kappa shape index (κ3) is 7.52. The summed E-state index contributed by atoms with van der Waals surface area (Å²) in [6.07, 6.45) is -5.20. The van der Waals surface area contributed by atoms with Crippen LogP contribution in [0, 0.1) is 0 Å². The molecule has 12 heteroatoms. The molecule has 0 unspecified atom stereocenters. The topological polar surface area (TPSA) is 80.8 Å². The van der Waals surface area contributed by atoms with E-state index in [9.17, 15) is 31.5 Å². The summed E-state index contributed by atoms with van der Waals surface area (Å²) in [6.45, 7) is 3.71. The molecular formula is C23H24F5N3O4. The van der Waals surface area contributed by atoms with Crippen LogP contribution in [-0.4, -0.2) is 52.4 Å². The lowest BCUT2D eigenvalue weighted by atomic mass is 10.1. The van der Waals surface area contributed by atoms with Gasteiger partial charge in [-0.1, -0.05) is 12.1 Å². The van der Waals surface area contributed by atoms with Crippen LogP contribution in [-0.2, 0) is 16.1 Å². The third-order valence-corrected chi connectivity index (χ3v) is 4.88. The van der Waals surface area contributed by atoms with E-state index in [1.54, 1.807) is 32.9 Å². The lowest BCUT2D eigenvalue weighted by Crippen LogP contribution is -2.47. The fraction of sp³-hybridized carbons (Fsp3) is 0.435. The van der Waals surface area contributed by atoms with Crippen molar-refractivity contribution in [3.63, 3.8) is 0 Å². The molecular weight excluding hydrogens is 477 g/mol. The minimum Gasteiger partial charge on any atom is -0.444 e. The molecule has 3 rings (SSSR count). The van der Waals surface area contributed by atoms with Crippen molar-refractivity contribution in [3.05, 3.63) is 48.3 Å². The minimum absolute atomic E-state index is 0.119. The number of amides is 2. The van der Waals surface area contributed by atoms with Crippen molar-refractivity contribution in [2.45, 2.75) is 57.7 Å². The largest absolute Gasteiger partial charge is 0.573 e. The maximum absolute atomic E-state index is 14.0. The Balaban J connectivity index is 1.66. The highest BCUT2D eigenvalue weighted by molar-refractivity contribution is 5.86. The van der Waals surface area contributed by atoms with Gasteiger partial charge in [0, 0.05) is 12.6 Å². The van der Waals surface area contributed by atoms with Gasteiger partial charge in [0.1, 0.15) is 17.4 Å². The number of ether oxygens (including phenoxy) is 2. The van der Waals surface area contributed by atoms with Crippen LogP contribution in [0.1, 0.15) is 32.9 Å². The van der Waals surface area contributed by atoms with E-state index in [1.807, 2.05) is 0 Å². The van der Waals surface area contributed by atoms with Crippen molar-refractivity contribution >= 4 is 12.0 Å². The van der Waals surface area contributed by atoms with Crippen molar-refractivity contribution in [2.75, 3.05) is 6.54 Å². The molecule has 7 nitrogen and oxygen atoms in total. The van der Waals surface area contributed by atoms with E-state index in [1.165, 1.54) is 18.3 Å². The summed E-state index contributed by atoms with van der Waals surface area (Å²) in [5.74, 6) is -4.39. The molecule has 2 heterocycles. The molecule has 0 radical (unpaired) electrons. The molecule has 1 atom stereocenters. The first kappa shape index (κ1) is 26.2. The van der Waals surface area contributed by atoms with Crippen molar-refractivity contribution in [1.29, 1.82) is 0 Å². The number of nitrogens with zero attached hydrogens (tertiary/aromatic N) is 2. The van der Waals surface area contributed by atoms with Crippen molar-refractivity contribution in [3.8, 4) is 16.9 Å². The van der Waals surface area contributed by atoms with E-state index < -0.39 is 48.9 Å². The molecule has 0 aliphatic carbocycles. The monoisotopic (exact) mass is 501 g/mol. The number of carbonyl (C=O) groups excluding carboxylic acids is 2. The lowest BCUT2D eigenvalue weighted by Gasteiger charge is -2.27. The van der Waals surface area contributed by atoms with Gasteiger partial charge in [-0.15, -0.1) is 13.2 Å². The smallest absolute Gasteiger partial charge is 0.444 e. The molecule has 1 N–H and O–H groups in total. The molecule has 1 saturated heterocycles. The van der Waals surface area contributed by atoms with Gasteiger partial charge in [0.05, 0.1) is 18.8 Å². The number of alkyl halides is 5. The van der Waals surface area contributed by atoms with Gasteiger partial charge >= 0.3 is 12.5 Å². The van der Waals surface area contributed by atoms with Crippen LogP contribution in [0.2, 0.25) is 0 Å². The van der Waals surface area contributed by atoms with Gasteiger partial charge in [-0.25, -0.2) is 13.6 Å². The van der Waals surface area contributed by atoms with Gasteiger partial charge < -0.3 is 14.8 Å². The number of pyridine rings is 1. The molecule has 0 spiro atoms. The van der Waals surface area contributed by atoms with Crippen LogP contribution in [0.15, 0.2) is 42.6 Å². The predicted octanol–water partition coefficient (Wildman–Crippen LogP) is 4.91. The molecule has 1 fully saturated rings. The number of hydrogen-bond donors (Lipinski definition) is 1. The Kier molecular flexibility index (Phi) is 7.23. The second-order valence-corrected chi connectivity index (χ2v) is 9.01. The second-order valence-electron chi connectivity index (χ2n) is 9.01. The number of carbonyl (C=O) groups is 2. The fourth-order valence-corrected chi connectivity index (χ4v) is 3.46. The third-order valence-electron chi connectivity index (χ3n) is 4.88. The van der Waals surface area contributed by atoms with Crippen LogP contribution in [0.4, 0.5) is 26.7 Å². The first-order valence-corrected chi connectivity index (χ1v) is 10.6. The Morgan fingerprint density at radius 1 is 1.11 bits per heavy atom. The van der Waals surface area contributed by atoms with Crippen LogP contribution >= 0.6 is 0 Å². The number of likely N-dealkylation sites (tertiary alicyclic amines) is 1. The number of hydrogen-bond acceptors (Lipinski definition) is 5. The van der Waals surface area contributed by atoms with Crippen LogP contribution in [0.3, 0.4) is 0 Å². The highest BCUT2D eigenvalue weighted by atomic mass is 19.4. The van der Waals surface area contributed by atoms with Crippen LogP contribution in [0.25, 0.3) is 11.1 Å². The number of rotatable bonds is 5. The van der Waals surface area contributed by atoms with Crippen molar-refractivity contribution in [1.82, 2.24) is 15.2 Å². The maximum atomic E-state index is 14.0. The summed E-state index contributed by atoms with van der Waals surface area (Å²) in [5.41, 5.74) is 0.629. The summed E-state index contributed by atoms with van der Waals surface area (Å²) >= 11 is 0. The Morgan fingerprint density at radius 2 is 1.77 bits per heavy atom. The number of halogens is 5. The zero-order valence-electron chi connectivity index (χ0n) is 19.2. The zero-order chi connectivity index (χ0) is 26.0. The quantitative estimate of drug-likeness (QED) is 0.589. The summed E-state index contributed by atoms with van der Waals surface area (Å²) in [7, 11) is 0. The zero-order valence-corrected chi connectivity index (χ0v) is 19.2. The minimum atomic E-state index is -4.80. The van der Waals surface area contributed by atoms with Gasteiger partial charge in [-0.05, 0) is 56.2 Å². The average Bonchev–Trinajstić information content (AvgIpc) is 3.06. The lowest BCUT2D eigenvalue weighted by molar-refractivity contribution is -0.274. The molecule has 2 amide bonds. The molecule has 1 aliphatic heterocycles. The first-order valence-electron chi connectivity index (χ1n) is 10.6. The molecule has 190 valence electrons. The SMILES string of the molecule is CC(C)(C)OC(=O)N1CC(F)(F)C[C@H]1C(=O)NCc1cc(-c2ccc(OC(F)(F)F)cc2)ccn1. The summed E-state index contributed by atoms with van der Waals surface area (Å²) in [6, 6.07) is 6.98. The van der Waals surface area contributed by atoms with Gasteiger partial charge in [0.25, 0.3) is 5.92 Å². The highest BCUT2D eigenvalue weighted by Gasteiger charge is 2.51. The first-order chi connectivity index (χ1) is 16.1. The normalized spacial score (nSPS) is 17.7. The van der Waals surface area contributed by atoms with Crippen molar-refractivity contribution < 1.29 is 41.0 Å². The van der Waals surface area contributed by atoms with E-state index in [-0.39, 0.29) is 12.3 Å². The maximum Gasteiger partial charge on any atom is 0.573 e. The van der Waals surface area contributed by atoms with Crippen LogP contribution in [0.5, 0.6) is 5.75 Å². The van der Waals surface area contributed by atoms with E-state index in [4.69, 9.17) is 4.74 Å². The molecule has 1 aromatic heterocycles. The summed E-state index contributed by atoms with van der Waals surface area (Å²) < 4.78 is 74.0. The Hall–Kier alpha value is -3.44. The van der Waals surface area contributed by atoms with E-state index in [0.29, 0.717) is 16.8 Å². The molecule has 1 aliphatic rings. The van der Waals surface area contributed by atoms with Crippen molar-refractivity contribution in [2.24, 2.45) is 0 Å². The molecule has 35 heavy (non-hydrogen) atoms. The van der Waals surface area contributed by atoms with Gasteiger partial charge in [-0.3, -0.25) is 14.7 Å². The number of benzene rings is 1. The molecule has 0 bridgehead atoms. The van der Waals surface area contributed by atoms with Gasteiger partial charge in [0.2, 0.25) is 5.91 Å². The predicted molar refractivity (Wildman–Crippen MR) is 114 cm³/mol. The van der Waals surface area contributed by atoms with E-state index >= 15 is 0 Å². The Labute approximate surface area is 198 Å². The number of nitrogens with one attached hydrogen (secondary N) is 1. The number of aromatic nitrogens is 1. The summed E-state index contributed by atoms with van der Waals surface area (Å²) in [5, 5.41) is 2.51. The Bertz CT molecular complexity index is 1070. The van der Waals surface area contributed by atoms with E-state index in [0.717, 1.165) is 17.0 Å². The standard InChI is InChI=1S/C23H24F5N3O4/c1-21(2,3)35-20(33)31-13-22(24,25)11-18(31)19(32)30-12-16-10-15(8-9-29-16)14-4-6-17(7-5-14)34-23(26,27)28/h4-10,18H,11-13H2,1-3H3,(H,30,32)/t18-/m0/s1. The van der Waals surface area contributed by atoms with Crippen LogP contribution < -0.4 is 10.1 Å². The summed E-state index contributed by atoms with van der Waals surface area (Å²) in [4.78, 5) is 29.8. The fourth-order valence-electron chi connectivity index (χ4n) is 3.46. The average molecular weight is 501 g/mol. The van der Waals surface area contributed by atoms with E-state index in [2.05, 4.69) is 15.0 Å². The van der Waals surface area contributed by atoms with Gasteiger partial charge in [-0.2, -0.15) is 0 Å². The molecule has 1 aromatic carbocycles. The van der Waals surface area contributed by atoms with Gasteiger partial charge in [0.15, 0.2) is 0 Å². The molecule has 2 aromatic rings. The second kappa shape index (κ2) is 9.67.